The molecule has 2 heterocycles. The smallest absolute Gasteiger partial charge is 0.408 e. The van der Waals surface area contributed by atoms with Crippen LogP contribution in [0, 0.1) is 0 Å². The molecule has 0 spiro atoms. The van der Waals surface area contributed by atoms with Crippen LogP contribution < -0.4 is 10.6 Å². The van der Waals surface area contributed by atoms with Gasteiger partial charge in [0.2, 0.25) is 11.3 Å². The third kappa shape index (κ3) is 4.73. The minimum absolute atomic E-state index is 0.0872. The molecule has 5 atom stereocenters. The Morgan fingerprint density at radius 3 is 2.47 bits per heavy atom. The quantitative estimate of drug-likeness (QED) is 0.330. The van der Waals surface area contributed by atoms with Gasteiger partial charge in [-0.3, -0.25) is 14.5 Å². The van der Waals surface area contributed by atoms with E-state index < -0.39 is 64.2 Å². The van der Waals surface area contributed by atoms with E-state index in [1.807, 2.05) is 0 Å². The predicted molar refractivity (Wildman–Crippen MR) is 115 cm³/mol. The Hall–Kier alpha value is -3.05. The van der Waals surface area contributed by atoms with Crippen molar-refractivity contribution in [3.63, 3.8) is 0 Å². The molecule has 0 radical (unpaired) electrons. The number of hydrogen-bond acceptors (Lipinski definition) is 6. The van der Waals surface area contributed by atoms with Gasteiger partial charge in [0, 0.05) is 5.57 Å². The predicted octanol–water partition coefficient (Wildman–Crippen LogP) is 0.677. The molecular weight excluding hydrogens is 438 g/mol. The van der Waals surface area contributed by atoms with Crippen LogP contribution in [-0.4, -0.2) is 67.2 Å². The molecule has 3 N–H and O–H groups in total. The lowest BCUT2D eigenvalue weighted by atomic mass is 9.98. The topological polar surface area (TPSA) is 148 Å². The molecule has 0 bridgehead atoms. The lowest BCUT2D eigenvalue weighted by Gasteiger charge is -2.51. The maximum Gasteiger partial charge on any atom is 0.408 e. The molecule has 2 aliphatic rings. The number of benzene rings is 1. The molecule has 0 aliphatic carbocycles. The number of aliphatic carboxylic acids is 1. The summed E-state index contributed by atoms with van der Waals surface area (Å²) in [6.07, 6.45) is -0.827. The average molecular weight is 464 g/mol. The van der Waals surface area contributed by atoms with Crippen molar-refractivity contribution in [3.8, 4) is 0 Å². The number of amides is 3. The van der Waals surface area contributed by atoms with Gasteiger partial charge in [0.05, 0.1) is 0 Å². The van der Waals surface area contributed by atoms with Crippen LogP contribution in [0.5, 0.6) is 0 Å². The summed E-state index contributed by atoms with van der Waals surface area (Å²) < 4.78 is 17.8. The highest BCUT2D eigenvalue weighted by Gasteiger charge is 2.63. The zero-order valence-electron chi connectivity index (χ0n) is 17.9. The van der Waals surface area contributed by atoms with Gasteiger partial charge in [-0.2, -0.15) is 0 Å². The van der Waals surface area contributed by atoms with Gasteiger partial charge in [-0.05, 0) is 37.5 Å². The van der Waals surface area contributed by atoms with E-state index in [0.717, 1.165) is 4.90 Å². The zero-order chi connectivity index (χ0) is 23.8. The molecule has 11 heteroatoms. The van der Waals surface area contributed by atoms with E-state index in [0.29, 0.717) is 5.56 Å². The summed E-state index contributed by atoms with van der Waals surface area (Å²) in [4.78, 5) is 50.6. The molecule has 0 aromatic heterocycles. The maximum absolute atomic E-state index is 13.1. The first-order valence-electron chi connectivity index (χ1n) is 9.85. The summed E-state index contributed by atoms with van der Waals surface area (Å²) >= 11 is -1.63. The molecular formula is C21H25N3O7S. The third-order valence-corrected chi connectivity index (χ3v) is 6.62. The Balaban J connectivity index is 1.79. The fourth-order valence-electron chi connectivity index (χ4n) is 3.62. The Labute approximate surface area is 188 Å². The van der Waals surface area contributed by atoms with E-state index in [1.54, 1.807) is 51.1 Å². The van der Waals surface area contributed by atoms with Crippen LogP contribution in [0.1, 0.15) is 32.4 Å². The first-order chi connectivity index (χ1) is 14.9. The summed E-state index contributed by atoms with van der Waals surface area (Å²) in [5.41, 5.74) is -0.181. The molecule has 3 amide bonds. The number of hydrogen-bond donors (Lipinski definition) is 3. The Morgan fingerprint density at radius 2 is 1.91 bits per heavy atom. The van der Waals surface area contributed by atoms with Crippen LogP contribution in [-0.2, 0) is 30.3 Å². The van der Waals surface area contributed by atoms with Gasteiger partial charge >= 0.3 is 12.1 Å². The van der Waals surface area contributed by atoms with Crippen LogP contribution in [0.25, 0.3) is 0 Å². The van der Waals surface area contributed by atoms with Crippen molar-refractivity contribution in [1.82, 2.24) is 15.5 Å². The number of nitrogens with zero attached hydrogens (tertiary/aromatic N) is 1. The number of β-lactam (4-membered cyclic amide) rings is 1. The van der Waals surface area contributed by atoms with Gasteiger partial charge in [0.25, 0.3) is 5.91 Å². The Morgan fingerprint density at radius 1 is 1.28 bits per heavy atom. The molecule has 2 fully saturated rings. The second kappa shape index (κ2) is 8.83. The van der Waals surface area contributed by atoms with E-state index in [2.05, 4.69) is 17.2 Å². The second-order valence-corrected chi connectivity index (χ2v) is 10.1. The highest BCUT2D eigenvalue weighted by atomic mass is 32.2. The maximum atomic E-state index is 13.1. The van der Waals surface area contributed by atoms with Gasteiger partial charge in [0.1, 0.15) is 17.4 Å². The minimum atomic E-state index is -1.63. The summed E-state index contributed by atoms with van der Waals surface area (Å²) in [5, 5.41) is 13.5. The van der Waals surface area contributed by atoms with Crippen molar-refractivity contribution >= 4 is 35.1 Å². The van der Waals surface area contributed by atoms with E-state index >= 15 is 0 Å². The highest BCUT2D eigenvalue weighted by Crippen LogP contribution is 2.36. The van der Waals surface area contributed by atoms with Crippen LogP contribution in [0.3, 0.4) is 0 Å². The van der Waals surface area contributed by atoms with Gasteiger partial charge in [-0.15, -0.1) is 0 Å². The van der Waals surface area contributed by atoms with E-state index in [4.69, 9.17) is 4.74 Å². The first kappa shape index (κ1) is 23.6. The Kier molecular flexibility index (Phi) is 6.51. The number of fused-ring (bicyclic) bond motifs is 1. The van der Waals surface area contributed by atoms with Crippen molar-refractivity contribution in [2.45, 2.75) is 49.9 Å². The number of carboxylic acid groups (broad SMARTS) is 1. The molecule has 3 rings (SSSR count). The van der Waals surface area contributed by atoms with E-state index in [9.17, 15) is 28.8 Å². The Bertz CT molecular complexity index is 946. The molecule has 172 valence electrons. The fraction of sp³-hybridized carbons (Fsp3) is 0.429. The molecule has 32 heavy (non-hydrogen) atoms. The first-order valence-corrected chi connectivity index (χ1v) is 11.2. The van der Waals surface area contributed by atoms with E-state index in [-0.39, 0.29) is 11.3 Å². The number of carbonyl (C=O) groups excluding carboxylic acids is 3. The normalized spacial score (nSPS) is 25.8. The summed E-state index contributed by atoms with van der Waals surface area (Å²) in [6.45, 7) is 8.65. The van der Waals surface area contributed by atoms with Crippen molar-refractivity contribution in [2.75, 3.05) is 5.75 Å². The standard InChI is InChI=1S/C21H25N3O7S/c1-11-10-32(30)18-14(17(26)24(18)15(11)19(27)28)22-16(25)13(12-8-6-5-7-9-12)23-20(29)31-21(2,3)4/h5-9,13-15,18H,1,10H2,2-4H3,(H,22,25)(H,23,29)(H,27,28)/t13?,14-,15?,18+,32?/m1/s1. The minimum Gasteiger partial charge on any atom is -0.614 e. The zero-order valence-corrected chi connectivity index (χ0v) is 18.7. The van der Waals surface area contributed by atoms with Crippen molar-refractivity contribution in [3.05, 3.63) is 48.0 Å². The lowest BCUT2D eigenvalue weighted by molar-refractivity contribution is -0.160. The van der Waals surface area contributed by atoms with Crippen LogP contribution in [0.4, 0.5) is 4.79 Å². The monoisotopic (exact) mass is 463 g/mol. The number of carboxylic acids is 1. The van der Waals surface area contributed by atoms with Crippen LogP contribution in [0.15, 0.2) is 42.5 Å². The van der Waals surface area contributed by atoms with Gasteiger partial charge in [0.15, 0.2) is 12.1 Å². The molecule has 3 unspecified atom stereocenters. The molecule has 0 saturated carbocycles. The molecule has 2 aliphatic heterocycles. The average Bonchev–Trinajstić information content (AvgIpc) is 2.68. The third-order valence-electron chi connectivity index (χ3n) is 4.93. The van der Waals surface area contributed by atoms with Crippen molar-refractivity contribution in [1.29, 1.82) is 0 Å². The van der Waals surface area contributed by atoms with Crippen LogP contribution in [0.2, 0.25) is 0 Å². The molecule has 10 nitrogen and oxygen atoms in total. The number of rotatable bonds is 5. The van der Waals surface area contributed by atoms with Gasteiger partial charge in [-0.25, -0.2) is 9.59 Å². The second-order valence-electron chi connectivity index (χ2n) is 8.54. The molecule has 1 aromatic rings. The highest BCUT2D eigenvalue weighted by molar-refractivity contribution is 7.92. The number of nitrogens with one attached hydrogen (secondary N) is 2. The summed E-state index contributed by atoms with van der Waals surface area (Å²) in [7, 11) is 0. The lowest BCUT2D eigenvalue weighted by Crippen LogP contribution is -2.79. The van der Waals surface area contributed by atoms with Crippen molar-refractivity contribution in [2.24, 2.45) is 0 Å². The number of alkyl carbamates (subject to hydrolysis) is 1. The SMILES string of the molecule is C=C1C[S+]([O-])[C@H]2[C@H](NC(=O)C(NC(=O)OC(C)(C)C)c3ccccc3)C(=O)N2C1C(=O)O. The fourth-order valence-corrected chi connectivity index (χ4v) is 5.28. The van der Waals surface area contributed by atoms with Crippen molar-refractivity contribution < 1.29 is 33.6 Å². The largest absolute Gasteiger partial charge is 0.614 e. The van der Waals surface area contributed by atoms with Gasteiger partial charge < -0.3 is 25.0 Å². The summed E-state index contributed by atoms with van der Waals surface area (Å²) in [6, 6.07) is 4.70. The van der Waals surface area contributed by atoms with E-state index in [1.165, 1.54) is 0 Å². The summed E-state index contributed by atoms with van der Waals surface area (Å²) in [5.74, 6) is -2.75. The molecule has 1 aromatic carbocycles. The van der Waals surface area contributed by atoms with Gasteiger partial charge in [-0.1, -0.05) is 36.9 Å². The number of carbonyl (C=O) groups is 4. The van der Waals surface area contributed by atoms with Crippen LogP contribution >= 0.6 is 0 Å². The molecule has 2 saturated heterocycles. The number of ether oxygens (including phenoxy) is 1.